The smallest absolute Gasteiger partial charge is 0.243 e. The molecule has 2 aliphatic rings. The van der Waals surface area contributed by atoms with E-state index >= 15 is 0 Å². The maximum absolute atomic E-state index is 13.4. The van der Waals surface area contributed by atoms with Crippen molar-refractivity contribution in [1.82, 2.24) is 4.31 Å². The van der Waals surface area contributed by atoms with Gasteiger partial charge >= 0.3 is 0 Å². The quantitative estimate of drug-likeness (QED) is 0.523. The minimum atomic E-state index is -3.61. The van der Waals surface area contributed by atoms with E-state index in [1.54, 1.807) is 22.5 Å². The Kier molecular flexibility index (Phi) is 6.91. The molecule has 7 nitrogen and oxygen atoms in total. The maximum atomic E-state index is 13.4. The molecule has 8 heteroatoms. The van der Waals surface area contributed by atoms with Crippen molar-refractivity contribution in [3.05, 3.63) is 64.7 Å². The van der Waals surface area contributed by atoms with Gasteiger partial charge in [0.1, 0.15) is 24.6 Å². The third kappa shape index (κ3) is 4.29. The number of fused-ring (bicyclic) bond motifs is 2. The van der Waals surface area contributed by atoms with E-state index in [0.717, 1.165) is 42.4 Å². The molecular formula is C24H29N3O4S. The van der Waals surface area contributed by atoms with Gasteiger partial charge in [0.05, 0.1) is 4.90 Å². The van der Waals surface area contributed by atoms with Crippen LogP contribution in [0, 0.1) is 0 Å². The van der Waals surface area contributed by atoms with Gasteiger partial charge in [-0.25, -0.2) is 8.42 Å². The van der Waals surface area contributed by atoms with Gasteiger partial charge in [-0.15, -0.1) is 0 Å². The van der Waals surface area contributed by atoms with Gasteiger partial charge in [-0.05, 0) is 38.8 Å². The summed E-state index contributed by atoms with van der Waals surface area (Å²) in [6.07, 6.45) is 3.91. The van der Waals surface area contributed by atoms with E-state index in [0.29, 0.717) is 43.3 Å². The molecule has 0 aromatic heterocycles. The van der Waals surface area contributed by atoms with Gasteiger partial charge in [0, 0.05) is 35.3 Å². The zero-order valence-corrected chi connectivity index (χ0v) is 19.4. The number of hydrogen-bond donors (Lipinski definition) is 0. The number of hydrogen-bond acceptors (Lipinski definition) is 6. The van der Waals surface area contributed by atoms with Crippen LogP contribution >= 0.6 is 0 Å². The van der Waals surface area contributed by atoms with Crippen LogP contribution in [-0.4, -0.2) is 50.4 Å². The molecule has 2 aromatic rings. The highest BCUT2D eigenvalue weighted by Gasteiger charge is 2.31. The van der Waals surface area contributed by atoms with Gasteiger partial charge in [-0.1, -0.05) is 53.5 Å². The first-order chi connectivity index (χ1) is 15.6. The Bertz CT molecular complexity index is 1130. The van der Waals surface area contributed by atoms with Crippen LogP contribution in [0.25, 0.3) is 0 Å². The lowest BCUT2D eigenvalue weighted by atomic mass is 9.83. The fourth-order valence-corrected chi connectivity index (χ4v) is 5.70. The fraction of sp³-hybridized carbons (Fsp3) is 0.417. The van der Waals surface area contributed by atoms with Crippen molar-refractivity contribution in [2.45, 2.75) is 44.4 Å². The summed E-state index contributed by atoms with van der Waals surface area (Å²) in [6.45, 7) is 5.69. The van der Waals surface area contributed by atoms with Crippen LogP contribution < -0.4 is 0 Å². The van der Waals surface area contributed by atoms with Crippen LogP contribution in [0.1, 0.15) is 61.8 Å². The van der Waals surface area contributed by atoms with Crippen LogP contribution in [0.5, 0.6) is 0 Å². The zero-order chi connectivity index (χ0) is 22.6. The second-order valence-corrected chi connectivity index (χ2v) is 9.72. The Morgan fingerprint density at radius 2 is 1.31 bits per heavy atom. The molecular weight excluding hydrogens is 426 g/mol. The van der Waals surface area contributed by atoms with Crippen molar-refractivity contribution in [1.29, 1.82) is 0 Å². The molecule has 0 saturated carbocycles. The van der Waals surface area contributed by atoms with Crippen molar-refractivity contribution >= 4 is 21.4 Å². The first-order valence-electron chi connectivity index (χ1n) is 11.2. The highest BCUT2D eigenvalue weighted by Crippen LogP contribution is 2.31. The SMILES string of the molecule is CCO/N=C1/c2ccccc2/C(=N\OCC)c2cc(S(=O)(=O)N3CCCCCC3)ccc21. The molecule has 2 aromatic carbocycles. The number of rotatable bonds is 6. The summed E-state index contributed by atoms with van der Waals surface area (Å²) >= 11 is 0. The Morgan fingerprint density at radius 1 is 0.781 bits per heavy atom. The Labute approximate surface area is 189 Å². The van der Waals surface area contributed by atoms with Crippen LogP contribution in [0.3, 0.4) is 0 Å². The van der Waals surface area contributed by atoms with Crippen molar-refractivity contribution in [2.24, 2.45) is 10.3 Å². The van der Waals surface area contributed by atoms with E-state index in [2.05, 4.69) is 10.3 Å². The lowest BCUT2D eigenvalue weighted by Gasteiger charge is -2.24. The molecule has 1 saturated heterocycles. The molecule has 0 N–H and O–H groups in total. The zero-order valence-electron chi connectivity index (χ0n) is 18.6. The molecule has 170 valence electrons. The summed E-state index contributed by atoms with van der Waals surface area (Å²) < 4.78 is 28.5. The molecule has 1 fully saturated rings. The average Bonchev–Trinajstić information content (AvgIpc) is 3.11. The van der Waals surface area contributed by atoms with E-state index in [4.69, 9.17) is 9.68 Å². The van der Waals surface area contributed by atoms with Crippen molar-refractivity contribution in [3.8, 4) is 0 Å². The second-order valence-electron chi connectivity index (χ2n) is 7.79. The number of sulfonamides is 1. The van der Waals surface area contributed by atoms with Crippen LogP contribution in [0.4, 0.5) is 0 Å². The largest absolute Gasteiger partial charge is 0.396 e. The number of benzene rings is 2. The summed E-state index contributed by atoms with van der Waals surface area (Å²) in [5.41, 5.74) is 4.40. The monoisotopic (exact) mass is 455 g/mol. The molecule has 0 atom stereocenters. The molecule has 0 spiro atoms. The molecule has 4 rings (SSSR count). The maximum Gasteiger partial charge on any atom is 0.243 e. The molecule has 0 bridgehead atoms. The highest BCUT2D eigenvalue weighted by atomic mass is 32.2. The van der Waals surface area contributed by atoms with Crippen molar-refractivity contribution in [2.75, 3.05) is 26.3 Å². The number of oxime groups is 2. The van der Waals surface area contributed by atoms with E-state index in [9.17, 15) is 8.42 Å². The summed E-state index contributed by atoms with van der Waals surface area (Å²) in [5.74, 6) is 0. The van der Waals surface area contributed by atoms with Gasteiger partial charge in [-0.3, -0.25) is 0 Å². The fourth-order valence-electron chi connectivity index (χ4n) is 4.16. The molecule has 1 aliphatic carbocycles. The number of nitrogens with zero attached hydrogens (tertiary/aromatic N) is 3. The van der Waals surface area contributed by atoms with Crippen molar-refractivity contribution < 1.29 is 18.1 Å². The highest BCUT2D eigenvalue weighted by molar-refractivity contribution is 7.89. The molecule has 1 heterocycles. The Hall–Kier alpha value is -2.71. The summed E-state index contributed by atoms with van der Waals surface area (Å²) in [4.78, 5) is 11.1. The van der Waals surface area contributed by atoms with Crippen LogP contribution in [-0.2, 0) is 19.7 Å². The Morgan fingerprint density at radius 3 is 1.88 bits per heavy atom. The molecule has 0 radical (unpaired) electrons. The summed E-state index contributed by atoms with van der Waals surface area (Å²) in [6, 6.07) is 12.9. The Balaban J connectivity index is 1.87. The molecule has 1 aliphatic heterocycles. The normalized spacial score (nSPS) is 19.3. The van der Waals surface area contributed by atoms with Gasteiger partial charge in [0.25, 0.3) is 0 Å². The topological polar surface area (TPSA) is 80.6 Å². The lowest BCUT2D eigenvalue weighted by Crippen LogP contribution is -2.32. The van der Waals surface area contributed by atoms with E-state index < -0.39 is 10.0 Å². The average molecular weight is 456 g/mol. The summed E-state index contributed by atoms with van der Waals surface area (Å²) in [5, 5.41) is 8.72. The van der Waals surface area contributed by atoms with Crippen molar-refractivity contribution in [3.63, 3.8) is 0 Å². The lowest BCUT2D eigenvalue weighted by molar-refractivity contribution is 0.158. The van der Waals surface area contributed by atoms with E-state index in [1.165, 1.54) is 0 Å². The predicted octanol–water partition coefficient (Wildman–Crippen LogP) is 4.14. The van der Waals surface area contributed by atoms with E-state index in [1.807, 2.05) is 38.1 Å². The minimum Gasteiger partial charge on any atom is -0.396 e. The predicted molar refractivity (Wildman–Crippen MR) is 125 cm³/mol. The van der Waals surface area contributed by atoms with E-state index in [-0.39, 0.29) is 4.90 Å². The standard InChI is InChI=1S/C24H29N3O4S/c1-3-30-25-23-19-11-7-8-12-20(19)24(26-31-4-2)22-17-18(13-14-21(22)23)32(28,29)27-15-9-5-6-10-16-27/h7-8,11-14,17H,3-6,9-10,15-16H2,1-2H3/b25-23-,26-24+. The molecule has 32 heavy (non-hydrogen) atoms. The molecule has 0 unspecified atom stereocenters. The minimum absolute atomic E-state index is 0.262. The van der Waals surface area contributed by atoms with Gasteiger partial charge in [0.15, 0.2) is 0 Å². The van der Waals surface area contributed by atoms with Crippen LogP contribution in [0.15, 0.2) is 57.7 Å². The van der Waals surface area contributed by atoms with Crippen LogP contribution in [0.2, 0.25) is 0 Å². The van der Waals surface area contributed by atoms with Gasteiger partial charge in [-0.2, -0.15) is 4.31 Å². The third-order valence-electron chi connectivity index (χ3n) is 5.71. The van der Waals surface area contributed by atoms with Gasteiger partial charge in [0.2, 0.25) is 10.0 Å². The first kappa shape index (κ1) is 22.5. The second kappa shape index (κ2) is 9.83. The first-order valence-corrected chi connectivity index (χ1v) is 12.7. The third-order valence-corrected chi connectivity index (χ3v) is 7.61. The van der Waals surface area contributed by atoms with Gasteiger partial charge < -0.3 is 9.68 Å². The molecule has 0 amide bonds. The summed E-state index contributed by atoms with van der Waals surface area (Å²) in [7, 11) is -3.61.